The van der Waals surface area contributed by atoms with Crippen molar-refractivity contribution in [1.82, 2.24) is 0 Å². The molecule has 0 bridgehead atoms. The normalized spacial score (nSPS) is 11.2. The van der Waals surface area contributed by atoms with Crippen LogP contribution in [0.4, 0.5) is 5.69 Å². The standard InChI is InChI=1S/C11H13Cl2NO4S/c1-3-19(16,17)14(7-11(15)18-2)10-5-8(12)4-9(13)6-10/h4-6H,3,7H2,1-2H3. The minimum atomic E-state index is -3.64. The molecule has 19 heavy (non-hydrogen) atoms. The molecule has 0 atom stereocenters. The van der Waals surface area contributed by atoms with Gasteiger partial charge in [-0.05, 0) is 25.1 Å². The van der Waals surface area contributed by atoms with Gasteiger partial charge in [0.25, 0.3) is 0 Å². The Morgan fingerprint density at radius 2 is 1.79 bits per heavy atom. The fourth-order valence-corrected chi connectivity index (χ4v) is 2.93. The number of nitrogens with zero attached hydrogens (tertiary/aromatic N) is 1. The Morgan fingerprint density at radius 3 is 2.21 bits per heavy atom. The predicted molar refractivity (Wildman–Crippen MR) is 75.3 cm³/mol. The van der Waals surface area contributed by atoms with Crippen LogP contribution in [0.5, 0.6) is 0 Å². The van der Waals surface area contributed by atoms with E-state index in [0.29, 0.717) is 0 Å². The summed E-state index contributed by atoms with van der Waals surface area (Å²) in [5.74, 6) is -0.832. The van der Waals surface area contributed by atoms with Crippen molar-refractivity contribution in [3.05, 3.63) is 28.2 Å². The summed E-state index contributed by atoms with van der Waals surface area (Å²) in [5.41, 5.74) is 0.227. The monoisotopic (exact) mass is 325 g/mol. The van der Waals surface area contributed by atoms with Gasteiger partial charge < -0.3 is 4.74 Å². The maximum Gasteiger partial charge on any atom is 0.326 e. The maximum atomic E-state index is 12.0. The molecule has 0 heterocycles. The fraction of sp³-hybridized carbons (Fsp3) is 0.364. The Hall–Kier alpha value is -0.980. The summed E-state index contributed by atoms with van der Waals surface area (Å²) < 4.78 is 29.4. The van der Waals surface area contributed by atoms with Gasteiger partial charge in [0, 0.05) is 10.0 Å². The van der Waals surface area contributed by atoms with Crippen LogP contribution < -0.4 is 4.31 Å². The van der Waals surface area contributed by atoms with Crippen LogP contribution in [-0.4, -0.2) is 33.8 Å². The van der Waals surface area contributed by atoms with Crippen molar-refractivity contribution in [2.75, 3.05) is 23.7 Å². The first-order chi connectivity index (χ1) is 8.80. The molecule has 0 saturated heterocycles. The van der Waals surface area contributed by atoms with Gasteiger partial charge in [0.15, 0.2) is 0 Å². The Morgan fingerprint density at radius 1 is 1.26 bits per heavy atom. The first kappa shape index (κ1) is 16.1. The molecule has 0 fully saturated rings. The summed E-state index contributed by atoms with van der Waals surface area (Å²) in [6.07, 6.45) is 0. The molecule has 1 aromatic rings. The van der Waals surface area contributed by atoms with E-state index in [0.717, 1.165) is 4.31 Å². The average molecular weight is 326 g/mol. The zero-order chi connectivity index (χ0) is 14.6. The smallest absolute Gasteiger partial charge is 0.326 e. The van der Waals surface area contributed by atoms with E-state index in [9.17, 15) is 13.2 Å². The number of sulfonamides is 1. The van der Waals surface area contributed by atoms with Crippen molar-refractivity contribution >= 4 is 44.9 Å². The van der Waals surface area contributed by atoms with Gasteiger partial charge >= 0.3 is 5.97 Å². The van der Waals surface area contributed by atoms with Crippen molar-refractivity contribution in [3.63, 3.8) is 0 Å². The molecule has 0 spiro atoms. The number of esters is 1. The summed E-state index contributed by atoms with van der Waals surface area (Å²) in [6.45, 7) is 1.05. The molecule has 5 nitrogen and oxygen atoms in total. The molecular weight excluding hydrogens is 313 g/mol. The molecule has 0 aliphatic heterocycles. The highest BCUT2D eigenvalue weighted by Gasteiger charge is 2.24. The molecule has 0 unspecified atom stereocenters. The lowest BCUT2D eigenvalue weighted by atomic mass is 10.3. The van der Waals surface area contributed by atoms with E-state index in [1.807, 2.05) is 0 Å². The van der Waals surface area contributed by atoms with E-state index in [1.54, 1.807) is 0 Å². The van der Waals surface area contributed by atoms with Gasteiger partial charge in [0.2, 0.25) is 10.0 Å². The molecule has 8 heteroatoms. The third-order valence-electron chi connectivity index (χ3n) is 2.34. The number of methoxy groups -OCH3 is 1. The summed E-state index contributed by atoms with van der Waals surface area (Å²) >= 11 is 11.7. The SMILES string of the molecule is CCS(=O)(=O)N(CC(=O)OC)c1cc(Cl)cc(Cl)c1. The number of hydrogen-bond acceptors (Lipinski definition) is 4. The number of rotatable bonds is 5. The van der Waals surface area contributed by atoms with E-state index < -0.39 is 22.5 Å². The molecule has 1 aromatic carbocycles. The second kappa shape index (κ2) is 6.45. The molecule has 0 saturated carbocycles. The van der Waals surface area contributed by atoms with Gasteiger partial charge in [-0.25, -0.2) is 8.42 Å². The molecule has 0 aliphatic rings. The van der Waals surface area contributed by atoms with Crippen LogP contribution in [0, 0.1) is 0 Å². The van der Waals surface area contributed by atoms with E-state index in [2.05, 4.69) is 4.74 Å². The van der Waals surface area contributed by atoms with Gasteiger partial charge in [-0.1, -0.05) is 23.2 Å². The summed E-state index contributed by atoms with van der Waals surface area (Å²) in [5, 5.41) is 0.562. The Kier molecular flexibility index (Phi) is 5.46. The quantitative estimate of drug-likeness (QED) is 0.779. The Bertz CT molecular complexity index is 554. The predicted octanol–water partition coefficient (Wildman–Crippen LogP) is 2.32. The van der Waals surface area contributed by atoms with Gasteiger partial charge in [0.05, 0.1) is 18.6 Å². The van der Waals surface area contributed by atoms with Crippen molar-refractivity contribution < 1.29 is 17.9 Å². The Labute approximate surface area is 122 Å². The number of ether oxygens (including phenoxy) is 1. The van der Waals surface area contributed by atoms with Crippen LogP contribution >= 0.6 is 23.2 Å². The van der Waals surface area contributed by atoms with Crippen LogP contribution in [0.15, 0.2) is 18.2 Å². The molecule has 0 amide bonds. The lowest BCUT2D eigenvalue weighted by molar-refractivity contribution is -0.138. The van der Waals surface area contributed by atoms with Crippen LogP contribution in [0.1, 0.15) is 6.92 Å². The molecule has 1 rings (SSSR count). The molecule has 0 aliphatic carbocycles. The van der Waals surface area contributed by atoms with Crippen molar-refractivity contribution in [1.29, 1.82) is 0 Å². The zero-order valence-corrected chi connectivity index (χ0v) is 12.7. The molecule has 0 radical (unpaired) electrons. The molecular formula is C11H13Cl2NO4S. The van der Waals surface area contributed by atoms with E-state index in [1.165, 1.54) is 32.2 Å². The van der Waals surface area contributed by atoms with Crippen LogP contribution in [0.25, 0.3) is 0 Å². The first-order valence-electron chi connectivity index (χ1n) is 5.33. The van der Waals surface area contributed by atoms with Crippen LogP contribution in [-0.2, 0) is 19.6 Å². The molecule has 0 N–H and O–H groups in total. The highest BCUT2D eigenvalue weighted by atomic mass is 35.5. The number of carbonyl (C=O) groups is 1. The van der Waals surface area contributed by atoms with Gasteiger partial charge in [-0.2, -0.15) is 0 Å². The third-order valence-corrected chi connectivity index (χ3v) is 4.51. The van der Waals surface area contributed by atoms with E-state index in [-0.39, 0.29) is 21.5 Å². The highest BCUT2D eigenvalue weighted by Crippen LogP contribution is 2.27. The fourth-order valence-electron chi connectivity index (χ4n) is 1.37. The Balaban J connectivity index is 3.27. The third kappa shape index (κ3) is 4.26. The lowest BCUT2D eigenvalue weighted by Crippen LogP contribution is -2.37. The van der Waals surface area contributed by atoms with Crippen molar-refractivity contribution in [2.24, 2.45) is 0 Å². The second-order valence-corrected chi connectivity index (χ2v) is 6.67. The summed E-state index contributed by atoms with van der Waals surface area (Å²) in [4.78, 5) is 11.3. The zero-order valence-electron chi connectivity index (χ0n) is 10.4. The minimum absolute atomic E-state index is 0.159. The largest absolute Gasteiger partial charge is 0.468 e. The minimum Gasteiger partial charge on any atom is -0.468 e. The van der Waals surface area contributed by atoms with E-state index in [4.69, 9.17) is 23.2 Å². The average Bonchev–Trinajstić information content (AvgIpc) is 2.34. The number of benzene rings is 1. The lowest BCUT2D eigenvalue weighted by Gasteiger charge is -2.22. The second-order valence-electron chi connectivity index (χ2n) is 3.61. The number of hydrogen-bond donors (Lipinski definition) is 0. The highest BCUT2D eigenvalue weighted by molar-refractivity contribution is 7.92. The molecule has 106 valence electrons. The van der Waals surface area contributed by atoms with Crippen molar-refractivity contribution in [2.45, 2.75) is 6.92 Å². The van der Waals surface area contributed by atoms with Crippen molar-refractivity contribution in [3.8, 4) is 0 Å². The topological polar surface area (TPSA) is 63.7 Å². The maximum absolute atomic E-state index is 12.0. The first-order valence-corrected chi connectivity index (χ1v) is 7.70. The summed E-state index contributed by atoms with van der Waals surface area (Å²) in [7, 11) is -2.45. The van der Waals surface area contributed by atoms with E-state index >= 15 is 0 Å². The van der Waals surface area contributed by atoms with Gasteiger partial charge in [-0.15, -0.1) is 0 Å². The molecule has 0 aromatic heterocycles. The van der Waals surface area contributed by atoms with Gasteiger partial charge in [0.1, 0.15) is 6.54 Å². The summed E-state index contributed by atoms with van der Waals surface area (Å²) in [6, 6.07) is 4.31. The van der Waals surface area contributed by atoms with Crippen LogP contribution in [0.2, 0.25) is 10.0 Å². The number of anilines is 1. The number of carbonyl (C=O) groups excluding carboxylic acids is 1. The number of halogens is 2. The van der Waals surface area contributed by atoms with Gasteiger partial charge in [-0.3, -0.25) is 9.10 Å². The van der Waals surface area contributed by atoms with Crippen LogP contribution in [0.3, 0.4) is 0 Å².